The molecule has 0 aliphatic carbocycles. The first-order valence-corrected chi connectivity index (χ1v) is 5.13. The Kier molecular flexibility index (Phi) is 3.08. The van der Waals surface area contributed by atoms with Gasteiger partial charge in [0.15, 0.2) is 5.69 Å². The summed E-state index contributed by atoms with van der Waals surface area (Å²) < 4.78 is 39.4. The minimum absolute atomic E-state index is 0.259. The molecular weight excluding hydrogens is 247 g/mol. The lowest BCUT2D eigenvalue weighted by molar-refractivity contribution is -0.143. The summed E-state index contributed by atoms with van der Waals surface area (Å²) in [4.78, 5) is 0. The maximum Gasteiger partial charge on any atom is 0.435 e. The zero-order valence-electron chi connectivity index (χ0n) is 9.44. The van der Waals surface area contributed by atoms with Crippen molar-refractivity contribution in [1.29, 1.82) is 0 Å². The minimum Gasteiger partial charge on any atom is -0.390 e. The van der Waals surface area contributed by atoms with Gasteiger partial charge in [-0.15, -0.1) is 5.10 Å². The normalized spacial score (nSPS) is 11.8. The van der Waals surface area contributed by atoms with E-state index < -0.39 is 24.2 Å². The van der Waals surface area contributed by atoms with Gasteiger partial charge in [-0.2, -0.15) is 13.2 Å². The predicted molar refractivity (Wildman–Crippen MR) is 57.0 cm³/mol. The highest BCUT2D eigenvalue weighted by Crippen LogP contribution is 2.32. The average molecular weight is 257 g/mol. The summed E-state index contributed by atoms with van der Waals surface area (Å²) in [6.07, 6.45) is -4.62. The van der Waals surface area contributed by atoms with Crippen LogP contribution in [0.4, 0.5) is 13.2 Å². The van der Waals surface area contributed by atoms with Crippen molar-refractivity contribution in [2.24, 2.45) is 0 Å². The quantitative estimate of drug-likeness (QED) is 0.896. The summed E-state index contributed by atoms with van der Waals surface area (Å²) in [5.74, 6) is 0. The zero-order valence-corrected chi connectivity index (χ0v) is 9.44. The molecule has 0 saturated heterocycles. The second-order valence-electron chi connectivity index (χ2n) is 3.79. The van der Waals surface area contributed by atoms with Crippen LogP contribution in [0.3, 0.4) is 0 Å². The number of benzene rings is 1. The molecule has 1 N–H and O–H groups in total. The number of aliphatic hydroxyl groups excluding tert-OH is 1. The number of hydrogen-bond donors (Lipinski definition) is 1. The van der Waals surface area contributed by atoms with Crippen LogP contribution < -0.4 is 0 Å². The molecular formula is C11H10F3N3O. The summed E-state index contributed by atoms with van der Waals surface area (Å²) >= 11 is 0. The summed E-state index contributed by atoms with van der Waals surface area (Å²) in [5.41, 5.74) is -0.462. The van der Waals surface area contributed by atoms with E-state index in [-0.39, 0.29) is 5.69 Å². The summed E-state index contributed by atoms with van der Waals surface area (Å²) in [6, 6.07) is 6.45. The fourth-order valence-corrected chi connectivity index (χ4v) is 1.64. The molecule has 0 unspecified atom stereocenters. The van der Waals surface area contributed by atoms with E-state index in [0.717, 1.165) is 5.56 Å². The van der Waals surface area contributed by atoms with E-state index in [1.807, 2.05) is 0 Å². The monoisotopic (exact) mass is 257 g/mol. The second kappa shape index (κ2) is 4.41. The van der Waals surface area contributed by atoms with Gasteiger partial charge in [0.1, 0.15) is 5.69 Å². The Bertz CT molecular complexity index is 563. The van der Waals surface area contributed by atoms with Gasteiger partial charge in [0.25, 0.3) is 0 Å². The van der Waals surface area contributed by atoms with Crippen molar-refractivity contribution in [2.45, 2.75) is 19.7 Å². The molecule has 0 aliphatic heterocycles. The van der Waals surface area contributed by atoms with Crippen LogP contribution in [0.5, 0.6) is 0 Å². The zero-order chi connectivity index (χ0) is 13.3. The molecule has 96 valence electrons. The molecule has 0 radical (unpaired) electrons. The molecule has 1 aromatic heterocycles. The highest BCUT2D eigenvalue weighted by molar-refractivity contribution is 5.37. The summed E-state index contributed by atoms with van der Waals surface area (Å²) in [6.45, 7) is 0.960. The topological polar surface area (TPSA) is 50.9 Å². The molecule has 0 bridgehead atoms. The molecule has 0 aliphatic rings. The fourth-order valence-electron chi connectivity index (χ4n) is 1.64. The van der Waals surface area contributed by atoms with Crippen LogP contribution in [0.2, 0.25) is 0 Å². The molecule has 18 heavy (non-hydrogen) atoms. The largest absolute Gasteiger partial charge is 0.435 e. The Morgan fingerprint density at radius 1 is 1.33 bits per heavy atom. The lowest BCUT2D eigenvalue weighted by Gasteiger charge is -2.10. The fraction of sp³-hybridized carbons (Fsp3) is 0.273. The Morgan fingerprint density at radius 3 is 2.61 bits per heavy atom. The standard InChI is InChI=1S/C11H10F3N3O/c1-7-3-2-4-8(5-7)17-10(11(12,13)14)9(6-18)15-16-17/h2-5,18H,6H2,1H3. The van der Waals surface area contributed by atoms with Gasteiger partial charge >= 0.3 is 6.18 Å². The van der Waals surface area contributed by atoms with Crippen molar-refractivity contribution in [3.05, 3.63) is 41.2 Å². The maximum absolute atomic E-state index is 12.9. The number of alkyl halides is 3. The van der Waals surface area contributed by atoms with Crippen LogP contribution >= 0.6 is 0 Å². The lowest BCUT2D eigenvalue weighted by atomic mass is 10.2. The molecule has 0 atom stereocenters. The van der Waals surface area contributed by atoms with Crippen LogP contribution in [-0.4, -0.2) is 20.1 Å². The van der Waals surface area contributed by atoms with Gasteiger partial charge in [0.05, 0.1) is 12.3 Å². The van der Waals surface area contributed by atoms with Gasteiger partial charge in [0.2, 0.25) is 0 Å². The van der Waals surface area contributed by atoms with Crippen molar-refractivity contribution in [3.8, 4) is 5.69 Å². The molecule has 0 saturated carbocycles. The van der Waals surface area contributed by atoms with Gasteiger partial charge in [0, 0.05) is 0 Å². The third-order valence-corrected chi connectivity index (χ3v) is 2.40. The van der Waals surface area contributed by atoms with E-state index in [1.165, 1.54) is 6.07 Å². The first-order chi connectivity index (χ1) is 8.43. The van der Waals surface area contributed by atoms with Gasteiger partial charge in [-0.3, -0.25) is 0 Å². The molecule has 1 aromatic carbocycles. The summed E-state index contributed by atoms with van der Waals surface area (Å²) in [5, 5.41) is 15.7. The average Bonchev–Trinajstić information content (AvgIpc) is 2.72. The van der Waals surface area contributed by atoms with Crippen molar-refractivity contribution in [1.82, 2.24) is 15.0 Å². The minimum atomic E-state index is -4.62. The molecule has 2 aromatic rings. The van der Waals surface area contributed by atoms with Crippen LogP contribution in [0, 0.1) is 6.92 Å². The third kappa shape index (κ3) is 2.21. The molecule has 0 fully saturated rings. The highest BCUT2D eigenvalue weighted by atomic mass is 19.4. The Labute approximate surface area is 101 Å². The number of rotatable bonds is 2. The number of aromatic nitrogens is 3. The Balaban J connectivity index is 2.62. The Hall–Kier alpha value is -1.89. The van der Waals surface area contributed by atoms with E-state index in [4.69, 9.17) is 5.11 Å². The Morgan fingerprint density at radius 2 is 2.06 bits per heavy atom. The van der Waals surface area contributed by atoms with Gasteiger partial charge < -0.3 is 5.11 Å². The van der Waals surface area contributed by atoms with Crippen LogP contribution in [-0.2, 0) is 12.8 Å². The summed E-state index contributed by atoms with van der Waals surface area (Å²) in [7, 11) is 0. The number of aryl methyl sites for hydroxylation is 1. The maximum atomic E-state index is 12.9. The second-order valence-corrected chi connectivity index (χ2v) is 3.79. The van der Waals surface area contributed by atoms with Crippen molar-refractivity contribution >= 4 is 0 Å². The molecule has 1 heterocycles. The molecule has 0 amide bonds. The van der Waals surface area contributed by atoms with Crippen LogP contribution in [0.25, 0.3) is 5.69 Å². The highest BCUT2D eigenvalue weighted by Gasteiger charge is 2.39. The van der Waals surface area contributed by atoms with Crippen LogP contribution in [0.1, 0.15) is 17.0 Å². The van der Waals surface area contributed by atoms with Gasteiger partial charge in [-0.25, -0.2) is 4.68 Å². The number of halogens is 3. The van der Waals surface area contributed by atoms with E-state index in [2.05, 4.69) is 10.3 Å². The van der Waals surface area contributed by atoms with Crippen molar-refractivity contribution in [3.63, 3.8) is 0 Å². The molecule has 4 nitrogen and oxygen atoms in total. The predicted octanol–water partition coefficient (Wildman–Crippen LogP) is 2.09. The van der Waals surface area contributed by atoms with E-state index in [0.29, 0.717) is 4.68 Å². The van der Waals surface area contributed by atoms with Crippen molar-refractivity contribution in [2.75, 3.05) is 0 Å². The molecule has 7 heteroatoms. The molecule has 0 spiro atoms. The van der Waals surface area contributed by atoms with E-state index in [1.54, 1.807) is 25.1 Å². The van der Waals surface area contributed by atoms with Gasteiger partial charge in [-0.05, 0) is 24.6 Å². The first-order valence-electron chi connectivity index (χ1n) is 5.13. The first kappa shape index (κ1) is 12.6. The van der Waals surface area contributed by atoms with E-state index in [9.17, 15) is 13.2 Å². The number of aliphatic hydroxyl groups is 1. The van der Waals surface area contributed by atoms with Gasteiger partial charge in [-0.1, -0.05) is 17.3 Å². The smallest absolute Gasteiger partial charge is 0.390 e. The third-order valence-electron chi connectivity index (χ3n) is 2.40. The van der Waals surface area contributed by atoms with Crippen LogP contribution in [0.15, 0.2) is 24.3 Å². The number of nitrogens with zero attached hydrogens (tertiary/aromatic N) is 3. The SMILES string of the molecule is Cc1cccc(-n2nnc(CO)c2C(F)(F)F)c1. The number of hydrogen-bond acceptors (Lipinski definition) is 3. The molecule has 2 rings (SSSR count). The lowest BCUT2D eigenvalue weighted by Crippen LogP contribution is -2.15. The van der Waals surface area contributed by atoms with Crippen molar-refractivity contribution < 1.29 is 18.3 Å². The van der Waals surface area contributed by atoms with E-state index >= 15 is 0 Å².